The quantitative estimate of drug-likeness (QED) is 0.238. The second-order valence-corrected chi connectivity index (χ2v) is 10.4. The van der Waals surface area contributed by atoms with Gasteiger partial charge in [-0.25, -0.2) is 0 Å². The molecule has 1 atom stereocenters. The van der Waals surface area contributed by atoms with Crippen molar-refractivity contribution in [2.45, 2.75) is 59.5 Å². The number of hydrogen-bond acceptors (Lipinski definition) is 5. The summed E-state index contributed by atoms with van der Waals surface area (Å²) in [4.78, 5) is 29.3. The van der Waals surface area contributed by atoms with E-state index in [1.165, 1.54) is 0 Å². The highest BCUT2D eigenvalue weighted by Crippen LogP contribution is 2.29. The van der Waals surface area contributed by atoms with Crippen molar-refractivity contribution in [1.82, 2.24) is 10.2 Å². The molecule has 3 rings (SSSR count). The summed E-state index contributed by atoms with van der Waals surface area (Å²) < 4.78 is 16.9. The molecule has 0 radical (unpaired) electrons. The van der Waals surface area contributed by atoms with Gasteiger partial charge in [0.1, 0.15) is 11.8 Å². The number of amides is 2. The molecule has 0 aromatic heterocycles. The van der Waals surface area contributed by atoms with Crippen molar-refractivity contribution in [3.05, 3.63) is 89.5 Å². The van der Waals surface area contributed by atoms with E-state index < -0.39 is 6.04 Å². The van der Waals surface area contributed by atoms with E-state index in [1.807, 2.05) is 86.6 Å². The first kappa shape index (κ1) is 31.5. The van der Waals surface area contributed by atoms with E-state index >= 15 is 0 Å². The molecule has 0 heterocycles. The van der Waals surface area contributed by atoms with Gasteiger partial charge in [-0.15, -0.1) is 0 Å². The van der Waals surface area contributed by atoms with Crippen molar-refractivity contribution in [3.63, 3.8) is 0 Å². The molecule has 0 unspecified atom stereocenters. The Kier molecular flexibility index (Phi) is 12.5. The summed E-state index contributed by atoms with van der Waals surface area (Å²) in [5, 5.41) is 3.07. The number of methoxy groups -OCH3 is 1. The lowest BCUT2D eigenvalue weighted by Crippen LogP contribution is -2.51. The van der Waals surface area contributed by atoms with Crippen LogP contribution in [0.2, 0.25) is 0 Å². The van der Waals surface area contributed by atoms with Crippen molar-refractivity contribution in [2.24, 2.45) is 5.92 Å². The van der Waals surface area contributed by atoms with Crippen LogP contribution in [0.25, 0.3) is 0 Å². The van der Waals surface area contributed by atoms with Gasteiger partial charge in [-0.05, 0) is 67.1 Å². The molecule has 0 aliphatic carbocycles. The molecule has 7 nitrogen and oxygen atoms in total. The summed E-state index contributed by atoms with van der Waals surface area (Å²) in [7, 11) is 1.62. The molecule has 41 heavy (non-hydrogen) atoms. The highest BCUT2D eigenvalue weighted by molar-refractivity contribution is 5.88. The molecule has 220 valence electrons. The van der Waals surface area contributed by atoms with E-state index in [-0.39, 0.29) is 30.7 Å². The Labute approximate surface area is 244 Å². The van der Waals surface area contributed by atoms with Crippen LogP contribution in [-0.2, 0) is 29.0 Å². The van der Waals surface area contributed by atoms with Gasteiger partial charge in [0.25, 0.3) is 0 Å². The summed E-state index contributed by atoms with van der Waals surface area (Å²) in [5.41, 5.74) is 2.86. The summed E-state index contributed by atoms with van der Waals surface area (Å²) in [5.74, 6) is 2.10. The Morgan fingerprint density at radius 3 is 2.22 bits per heavy atom. The fourth-order valence-electron chi connectivity index (χ4n) is 4.59. The first-order chi connectivity index (χ1) is 19.8. The number of nitrogens with one attached hydrogen (secondary N) is 1. The van der Waals surface area contributed by atoms with E-state index in [0.717, 1.165) is 16.7 Å². The summed E-state index contributed by atoms with van der Waals surface area (Å²) in [6.07, 6.45) is 1.16. The van der Waals surface area contributed by atoms with Crippen LogP contribution < -0.4 is 19.5 Å². The van der Waals surface area contributed by atoms with E-state index in [9.17, 15) is 9.59 Å². The molecule has 0 aliphatic rings. The van der Waals surface area contributed by atoms with Crippen LogP contribution in [0, 0.1) is 5.92 Å². The normalized spacial score (nSPS) is 11.6. The van der Waals surface area contributed by atoms with Crippen molar-refractivity contribution in [2.75, 3.05) is 26.9 Å². The van der Waals surface area contributed by atoms with Gasteiger partial charge >= 0.3 is 0 Å². The maximum atomic E-state index is 14.0. The lowest BCUT2D eigenvalue weighted by atomic mass is 10.0. The zero-order chi connectivity index (χ0) is 29.6. The molecule has 3 aromatic carbocycles. The van der Waals surface area contributed by atoms with Crippen molar-refractivity contribution in [1.29, 1.82) is 0 Å². The lowest BCUT2D eigenvalue weighted by Gasteiger charge is -2.32. The molecular formula is C34H44N2O5. The Hall–Kier alpha value is -4.00. The van der Waals surface area contributed by atoms with Crippen LogP contribution in [0.1, 0.15) is 50.8 Å². The van der Waals surface area contributed by atoms with Gasteiger partial charge in [0.2, 0.25) is 11.8 Å². The molecule has 0 saturated heterocycles. The first-order valence-corrected chi connectivity index (χ1v) is 14.5. The predicted octanol–water partition coefficient (Wildman–Crippen LogP) is 5.84. The van der Waals surface area contributed by atoms with Gasteiger partial charge in [-0.1, -0.05) is 62.4 Å². The maximum absolute atomic E-state index is 14.0. The van der Waals surface area contributed by atoms with Crippen molar-refractivity contribution < 1.29 is 23.8 Å². The molecule has 0 fully saturated rings. The number of benzene rings is 3. The van der Waals surface area contributed by atoms with Gasteiger partial charge in [0.05, 0.1) is 20.3 Å². The molecule has 3 aromatic rings. The Morgan fingerprint density at radius 1 is 0.829 bits per heavy atom. The zero-order valence-corrected chi connectivity index (χ0v) is 25.0. The van der Waals surface area contributed by atoms with Crippen molar-refractivity contribution >= 4 is 11.8 Å². The highest BCUT2D eigenvalue weighted by Gasteiger charge is 2.30. The van der Waals surface area contributed by atoms with Gasteiger partial charge < -0.3 is 24.4 Å². The number of ether oxygens (including phenoxy) is 3. The van der Waals surface area contributed by atoms with E-state index in [1.54, 1.807) is 12.0 Å². The fourth-order valence-corrected chi connectivity index (χ4v) is 4.59. The van der Waals surface area contributed by atoms with E-state index in [4.69, 9.17) is 14.2 Å². The molecule has 0 saturated carbocycles. The standard InChI is InChI=1S/C34H44N2O5/c1-6-40-31-18-16-27(22-32(31)41-7-2)17-19-33(37)36(24-28-14-11-15-29(20-28)39-5)30(34(38)35-23-25(3)4)21-26-12-9-8-10-13-26/h8-16,18,20,22,25,30H,6-7,17,19,21,23-24H2,1-5H3,(H,35,38)/t30-/m0/s1. The minimum atomic E-state index is -0.672. The highest BCUT2D eigenvalue weighted by atomic mass is 16.5. The maximum Gasteiger partial charge on any atom is 0.243 e. The SMILES string of the molecule is CCOc1ccc(CCC(=O)N(Cc2cccc(OC)c2)[C@@H](Cc2ccccc2)C(=O)NCC(C)C)cc1OCC. The van der Waals surface area contributed by atoms with Crippen LogP contribution in [-0.4, -0.2) is 49.6 Å². The van der Waals surface area contributed by atoms with Gasteiger partial charge in [-0.2, -0.15) is 0 Å². The minimum Gasteiger partial charge on any atom is -0.497 e. The average molecular weight is 561 g/mol. The number of hydrogen-bond donors (Lipinski definition) is 1. The van der Waals surface area contributed by atoms with E-state index in [0.29, 0.717) is 49.8 Å². The zero-order valence-electron chi connectivity index (χ0n) is 25.0. The summed E-state index contributed by atoms with van der Waals surface area (Å²) in [6, 6.07) is 22.6. The van der Waals surface area contributed by atoms with Crippen LogP contribution in [0.5, 0.6) is 17.2 Å². The monoisotopic (exact) mass is 560 g/mol. The van der Waals surface area contributed by atoms with Gasteiger partial charge in [0, 0.05) is 25.9 Å². The second kappa shape index (κ2) is 16.3. The smallest absolute Gasteiger partial charge is 0.243 e. The summed E-state index contributed by atoms with van der Waals surface area (Å²) in [6.45, 7) is 9.86. The Bertz CT molecular complexity index is 1240. The third-order valence-electron chi connectivity index (χ3n) is 6.68. The lowest BCUT2D eigenvalue weighted by molar-refractivity contribution is -0.141. The number of carbonyl (C=O) groups excluding carboxylic acids is 2. The molecule has 7 heteroatoms. The van der Waals surface area contributed by atoms with Crippen LogP contribution in [0.3, 0.4) is 0 Å². The first-order valence-electron chi connectivity index (χ1n) is 14.5. The van der Waals surface area contributed by atoms with Gasteiger partial charge in [-0.3, -0.25) is 9.59 Å². The fraction of sp³-hybridized carbons (Fsp3) is 0.412. The average Bonchev–Trinajstić information content (AvgIpc) is 2.98. The third kappa shape index (κ3) is 9.85. The topological polar surface area (TPSA) is 77.1 Å². The summed E-state index contributed by atoms with van der Waals surface area (Å²) >= 11 is 0. The number of rotatable bonds is 16. The van der Waals surface area contributed by atoms with Crippen LogP contribution >= 0.6 is 0 Å². The van der Waals surface area contributed by atoms with Crippen LogP contribution in [0.4, 0.5) is 0 Å². The molecular weight excluding hydrogens is 516 g/mol. The molecule has 1 N–H and O–H groups in total. The number of carbonyl (C=O) groups is 2. The third-order valence-corrected chi connectivity index (χ3v) is 6.68. The second-order valence-electron chi connectivity index (χ2n) is 10.4. The number of aryl methyl sites for hydroxylation is 1. The van der Waals surface area contributed by atoms with E-state index in [2.05, 4.69) is 19.2 Å². The Balaban J connectivity index is 1.91. The largest absolute Gasteiger partial charge is 0.497 e. The molecule has 0 spiro atoms. The Morgan fingerprint density at radius 2 is 1.54 bits per heavy atom. The molecule has 0 bridgehead atoms. The number of nitrogens with zero attached hydrogens (tertiary/aromatic N) is 1. The van der Waals surface area contributed by atoms with Gasteiger partial charge in [0.15, 0.2) is 11.5 Å². The predicted molar refractivity (Wildman–Crippen MR) is 162 cm³/mol. The molecule has 2 amide bonds. The van der Waals surface area contributed by atoms with Crippen LogP contribution in [0.15, 0.2) is 72.8 Å². The molecule has 0 aliphatic heterocycles. The van der Waals surface area contributed by atoms with Crippen molar-refractivity contribution in [3.8, 4) is 17.2 Å². The minimum absolute atomic E-state index is 0.0970.